The highest BCUT2D eigenvalue weighted by Gasteiger charge is 2.27. The molecule has 2 aromatic heterocycles. The van der Waals surface area contributed by atoms with Gasteiger partial charge in [0, 0.05) is 25.0 Å². The van der Waals surface area contributed by atoms with Gasteiger partial charge in [-0.2, -0.15) is 0 Å². The van der Waals surface area contributed by atoms with Crippen molar-refractivity contribution >= 4 is 5.91 Å². The van der Waals surface area contributed by atoms with Crippen molar-refractivity contribution in [3.63, 3.8) is 0 Å². The Labute approximate surface area is 120 Å². The zero-order valence-electron chi connectivity index (χ0n) is 11.2. The van der Waals surface area contributed by atoms with Gasteiger partial charge in [0.25, 0.3) is 5.91 Å². The smallest absolute Gasteiger partial charge is 0.270 e. The van der Waals surface area contributed by atoms with Crippen LogP contribution >= 0.6 is 0 Å². The van der Waals surface area contributed by atoms with Gasteiger partial charge in [-0.25, -0.2) is 0 Å². The number of carbonyl (C=O) groups is 1. The van der Waals surface area contributed by atoms with Crippen LogP contribution in [0.2, 0.25) is 0 Å². The summed E-state index contributed by atoms with van der Waals surface area (Å²) in [5.41, 5.74) is 0.679. The lowest BCUT2D eigenvalue weighted by Crippen LogP contribution is -2.43. The van der Waals surface area contributed by atoms with Gasteiger partial charge in [0.15, 0.2) is 0 Å². The number of aromatic amines is 1. The van der Waals surface area contributed by atoms with Crippen LogP contribution in [-0.2, 0) is 4.74 Å². The van der Waals surface area contributed by atoms with Crippen molar-refractivity contribution in [3.05, 3.63) is 58.5 Å². The molecule has 1 amide bonds. The molecule has 1 saturated heterocycles. The molecular weight excluding hydrogens is 272 g/mol. The lowest BCUT2D eigenvalue weighted by atomic mass is 10.2. The molecular formula is C14H14N4O3. The van der Waals surface area contributed by atoms with E-state index < -0.39 is 0 Å². The third kappa shape index (κ3) is 2.97. The molecule has 21 heavy (non-hydrogen) atoms. The lowest BCUT2D eigenvalue weighted by Gasteiger charge is -2.32. The molecule has 0 radical (unpaired) electrons. The normalized spacial score (nSPS) is 18.5. The number of H-pyrrole nitrogens is 1. The van der Waals surface area contributed by atoms with Crippen molar-refractivity contribution in [2.45, 2.75) is 6.10 Å². The summed E-state index contributed by atoms with van der Waals surface area (Å²) in [4.78, 5) is 36.1. The third-order valence-corrected chi connectivity index (χ3v) is 3.27. The summed E-state index contributed by atoms with van der Waals surface area (Å²) in [6.45, 7) is 1.28. The number of hydrogen-bond acceptors (Lipinski definition) is 5. The second kappa shape index (κ2) is 5.84. The van der Waals surface area contributed by atoms with Crippen LogP contribution in [0.25, 0.3) is 0 Å². The summed E-state index contributed by atoms with van der Waals surface area (Å²) in [5.74, 6) is -0.218. The molecule has 0 aliphatic carbocycles. The van der Waals surface area contributed by atoms with Crippen molar-refractivity contribution in [3.8, 4) is 0 Å². The number of ether oxygens (including phenoxy) is 1. The van der Waals surface area contributed by atoms with Crippen LogP contribution in [0, 0.1) is 0 Å². The highest BCUT2D eigenvalue weighted by atomic mass is 16.5. The molecule has 0 spiro atoms. The Morgan fingerprint density at radius 2 is 2.29 bits per heavy atom. The van der Waals surface area contributed by atoms with Crippen LogP contribution in [0.3, 0.4) is 0 Å². The third-order valence-electron chi connectivity index (χ3n) is 3.27. The van der Waals surface area contributed by atoms with E-state index in [9.17, 15) is 9.59 Å². The fourth-order valence-corrected chi connectivity index (χ4v) is 2.23. The van der Waals surface area contributed by atoms with Crippen molar-refractivity contribution in [2.75, 3.05) is 19.7 Å². The quantitative estimate of drug-likeness (QED) is 0.862. The summed E-state index contributed by atoms with van der Waals surface area (Å²) in [7, 11) is 0. The van der Waals surface area contributed by atoms with Crippen LogP contribution in [0.1, 0.15) is 22.3 Å². The summed E-state index contributed by atoms with van der Waals surface area (Å²) in [6, 6.07) is 4.53. The molecule has 1 aliphatic rings. The topological polar surface area (TPSA) is 88.2 Å². The molecule has 1 atom stereocenters. The maximum Gasteiger partial charge on any atom is 0.270 e. The zero-order valence-corrected chi connectivity index (χ0v) is 11.2. The minimum Gasteiger partial charge on any atom is -0.368 e. The maximum atomic E-state index is 12.4. The van der Waals surface area contributed by atoms with Crippen molar-refractivity contribution in [1.82, 2.24) is 19.9 Å². The fraction of sp³-hybridized carbons (Fsp3) is 0.286. The zero-order chi connectivity index (χ0) is 14.7. The first-order valence-corrected chi connectivity index (χ1v) is 6.60. The van der Waals surface area contributed by atoms with Crippen LogP contribution in [0.15, 0.2) is 41.6 Å². The first kappa shape index (κ1) is 13.4. The highest BCUT2D eigenvalue weighted by Crippen LogP contribution is 2.20. The summed E-state index contributed by atoms with van der Waals surface area (Å²) in [6.07, 6.45) is 4.51. The number of pyridine rings is 1. The minimum absolute atomic E-state index is 0.218. The molecule has 1 N–H and O–H groups in total. The Kier molecular flexibility index (Phi) is 3.74. The Morgan fingerprint density at radius 3 is 3.05 bits per heavy atom. The van der Waals surface area contributed by atoms with Gasteiger partial charge in [0.2, 0.25) is 5.56 Å². The number of morpholine rings is 1. The molecule has 3 rings (SSSR count). The number of hydrogen-bond donors (Lipinski definition) is 1. The standard InChI is InChI=1S/C14H14N4O3/c19-13-3-1-2-10(17-13)14(20)18-6-7-21-12(9-18)11-8-15-4-5-16-11/h1-5,8,12H,6-7,9H2,(H,17,19)/t12-/m0/s1. The number of carbonyl (C=O) groups excluding carboxylic acids is 1. The molecule has 0 bridgehead atoms. The summed E-state index contributed by atoms with van der Waals surface area (Å²) in [5, 5.41) is 0. The van der Waals surface area contributed by atoms with Gasteiger partial charge in [-0.3, -0.25) is 19.6 Å². The van der Waals surface area contributed by atoms with Crippen LogP contribution in [-0.4, -0.2) is 45.5 Å². The van der Waals surface area contributed by atoms with Gasteiger partial charge in [0.1, 0.15) is 11.8 Å². The van der Waals surface area contributed by atoms with E-state index in [1.165, 1.54) is 6.07 Å². The van der Waals surface area contributed by atoms with Crippen LogP contribution in [0.4, 0.5) is 0 Å². The predicted octanol–water partition coefficient (Wildman–Crippen LogP) is 0.379. The van der Waals surface area contributed by atoms with Gasteiger partial charge in [-0.15, -0.1) is 0 Å². The monoisotopic (exact) mass is 286 g/mol. The molecule has 2 aromatic rings. The molecule has 0 saturated carbocycles. The maximum absolute atomic E-state index is 12.4. The number of aromatic nitrogens is 3. The molecule has 3 heterocycles. The average Bonchev–Trinajstić information content (AvgIpc) is 2.55. The number of nitrogens with zero attached hydrogens (tertiary/aromatic N) is 3. The SMILES string of the molecule is O=C(c1cccc(=O)[nH]1)N1CCO[C@H](c2cnccn2)C1. The van der Waals surface area contributed by atoms with E-state index in [1.54, 1.807) is 35.6 Å². The molecule has 7 nitrogen and oxygen atoms in total. The largest absolute Gasteiger partial charge is 0.368 e. The Bertz CT molecular complexity index is 686. The Balaban J connectivity index is 1.77. The number of nitrogens with one attached hydrogen (secondary N) is 1. The average molecular weight is 286 g/mol. The predicted molar refractivity (Wildman–Crippen MR) is 73.7 cm³/mol. The summed E-state index contributed by atoms with van der Waals surface area (Å²) < 4.78 is 5.64. The number of amides is 1. The van der Waals surface area contributed by atoms with Crippen molar-refractivity contribution in [2.24, 2.45) is 0 Å². The van der Waals surface area contributed by atoms with E-state index in [0.717, 1.165) is 0 Å². The fourth-order valence-electron chi connectivity index (χ4n) is 2.23. The molecule has 0 unspecified atom stereocenters. The van der Waals surface area contributed by atoms with E-state index in [4.69, 9.17) is 4.74 Å². The highest BCUT2D eigenvalue weighted by molar-refractivity contribution is 5.92. The lowest BCUT2D eigenvalue weighted by molar-refractivity contribution is -0.0250. The van der Waals surface area contributed by atoms with E-state index in [-0.39, 0.29) is 23.3 Å². The minimum atomic E-state index is -0.299. The van der Waals surface area contributed by atoms with Crippen LogP contribution in [0.5, 0.6) is 0 Å². The Morgan fingerprint density at radius 1 is 1.38 bits per heavy atom. The van der Waals surface area contributed by atoms with E-state index in [0.29, 0.717) is 25.4 Å². The van der Waals surface area contributed by atoms with E-state index in [2.05, 4.69) is 15.0 Å². The van der Waals surface area contributed by atoms with Gasteiger partial charge >= 0.3 is 0 Å². The number of rotatable bonds is 2. The van der Waals surface area contributed by atoms with Gasteiger partial charge in [-0.05, 0) is 6.07 Å². The van der Waals surface area contributed by atoms with Crippen LogP contribution < -0.4 is 5.56 Å². The second-order valence-corrected chi connectivity index (χ2v) is 4.67. The van der Waals surface area contributed by atoms with Crippen molar-refractivity contribution < 1.29 is 9.53 Å². The van der Waals surface area contributed by atoms with E-state index >= 15 is 0 Å². The molecule has 108 valence electrons. The molecule has 1 aliphatic heterocycles. The van der Waals surface area contributed by atoms with Gasteiger partial charge < -0.3 is 14.6 Å². The van der Waals surface area contributed by atoms with Gasteiger partial charge in [0.05, 0.1) is 25.0 Å². The summed E-state index contributed by atoms with van der Waals surface area (Å²) >= 11 is 0. The van der Waals surface area contributed by atoms with E-state index in [1.807, 2.05) is 0 Å². The first-order chi connectivity index (χ1) is 10.2. The first-order valence-electron chi connectivity index (χ1n) is 6.60. The molecule has 7 heteroatoms. The second-order valence-electron chi connectivity index (χ2n) is 4.67. The molecule has 1 fully saturated rings. The van der Waals surface area contributed by atoms with Crippen molar-refractivity contribution in [1.29, 1.82) is 0 Å². The van der Waals surface area contributed by atoms with Gasteiger partial charge in [-0.1, -0.05) is 6.07 Å². The molecule has 0 aromatic carbocycles. The Hall–Kier alpha value is -2.54.